The van der Waals surface area contributed by atoms with Crippen LogP contribution in [0.3, 0.4) is 0 Å². The molecule has 0 amide bonds. The topological polar surface area (TPSA) is 45.2 Å². The molecule has 20 heavy (non-hydrogen) atoms. The van der Waals surface area contributed by atoms with Crippen molar-refractivity contribution in [3.8, 4) is 11.5 Å². The smallest absolute Gasteiger partial charge is 0.124 e. The van der Waals surface area contributed by atoms with Gasteiger partial charge in [0.2, 0.25) is 0 Å². The van der Waals surface area contributed by atoms with E-state index in [2.05, 4.69) is 9.80 Å². The Bertz CT molecular complexity index is 472. The quantitative estimate of drug-likeness (QED) is 0.880. The predicted octanol–water partition coefficient (Wildman–Crippen LogP) is 0.737. The lowest BCUT2D eigenvalue weighted by Gasteiger charge is -2.49. The van der Waals surface area contributed by atoms with Gasteiger partial charge in [0.25, 0.3) is 0 Å². The van der Waals surface area contributed by atoms with Crippen molar-refractivity contribution in [1.29, 1.82) is 0 Å². The third-order valence-corrected chi connectivity index (χ3v) is 4.44. The zero-order valence-electron chi connectivity index (χ0n) is 12.1. The normalized spacial score (nSPS) is 30.1. The molecule has 3 saturated heterocycles. The highest BCUT2D eigenvalue weighted by atomic mass is 16.5. The third-order valence-electron chi connectivity index (χ3n) is 4.44. The van der Waals surface area contributed by atoms with Crippen LogP contribution in [0.5, 0.6) is 11.5 Å². The van der Waals surface area contributed by atoms with E-state index in [-0.39, 0.29) is 6.04 Å². The molecule has 1 N–H and O–H groups in total. The first kappa shape index (κ1) is 13.7. The third kappa shape index (κ3) is 2.37. The number of piperazine rings is 3. The molecule has 0 aromatic heterocycles. The lowest BCUT2D eigenvalue weighted by Crippen LogP contribution is -2.62. The van der Waals surface area contributed by atoms with E-state index in [0.29, 0.717) is 0 Å². The second-order valence-corrected chi connectivity index (χ2v) is 5.46. The molecule has 2 unspecified atom stereocenters. The number of hydrogen-bond donors (Lipinski definition) is 1. The number of fused-ring (bicyclic) bond motifs is 3. The summed E-state index contributed by atoms with van der Waals surface area (Å²) in [5.41, 5.74) is 0.811. The van der Waals surface area contributed by atoms with Crippen molar-refractivity contribution < 1.29 is 14.6 Å². The van der Waals surface area contributed by atoms with E-state index in [1.54, 1.807) is 14.2 Å². The zero-order valence-corrected chi connectivity index (χ0v) is 12.1. The molecule has 110 valence electrons. The molecule has 5 heteroatoms. The maximum atomic E-state index is 10.8. The predicted molar refractivity (Wildman–Crippen MR) is 76.3 cm³/mol. The Morgan fingerprint density at radius 1 is 1.15 bits per heavy atom. The van der Waals surface area contributed by atoms with Gasteiger partial charge in [-0.3, -0.25) is 9.80 Å². The van der Waals surface area contributed by atoms with Crippen molar-refractivity contribution >= 4 is 0 Å². The monoisotopic (exact) mass is 278 g/mol. The zero-order chi connectivity index (χ0) is 14.1. The van der Waals surface area contributed by atoms with Crippen molar-refractivity contribution in [3.05, 3.63) is 23.8 Å². The fourth-order valence-corrected chi connectivity index (χ4v) is 3.23. The van der Waals surface area contributed by atoms with E-state index in [9.17, 15) is 5.11 Å². The molecular weight excluding hydrogens is 256 g/mol. The first-order valence-electron chi connectivity index (χ1n) is 7.09. The van der Waals surface area contributed by atoms with E-state index in [4.69, 9.17) is 9.47 Å². The molecule has 0 saturated carbocycles. The minimum Gasteiger partial charge on any atom is -0.497 e. The summed E-state index contributed by atoms with van der Waals surface area (Å²) < 4.78 is 10.7. The summed E-state index contributed by atoms with van der Waals surface area (Å²) in [6.45, 7) is 5.21. The number of benzene rings is 1. The van der Waals surface area contributed by atoms with Gasteiger partial charge < -0.3 is 14.6 Å². The van der Waals surface area contributed by atoms with Gasteiger partial charge in [0.1, 0.15) is 11.5 Å². The summed E-state index contributed by atoms with van der Waals surface area (Å²) in [7, 11) is 3.27. The number of methoxy groups -OCH3 is 2. The summed E-state index contributed by atoms with van der Waals surface area (Å²) in [4.78, 5) is 4.80. The van der Waals surface area contributed by atoms with Crippen LogP contribution in [0.15, 0.2) is 18.2 Å². The highest BCUT2D eigenvalue weighted by Gasteiger charge is 2.37. The van der Waals surface area contributed by atoms with Crippen LogP contribution in [0, 0.1) is 0 Å². The Morgan fingerprint density at radius 3 is 2.45 bits per heavy atom. The van der Waals surface area contributed by atoms with Crippen molar-refractivity contribution in [1.82, 2.24) is 9.80 Å². The van der Waals surface area contributed by atoms with E-state index < -0.39 is 6.10 Å². The highest BCUT2D eigenvalue weighted by molar-refractivity contribution is 5.42. The van der Waals surface area contributed by atoms with Crippen LogP contribution in [-0.4, -0.2) is 67.9 Å². The second kappa shape index (κ2) is 5.60. The summed E-state index contributed by atoms with van der Waals surface area (Å²) >= 11 is 0. The van der Waals surface area contributed by atoms with Crippen LogP contribution in [0.4, 0.5) is 0 Å². The number of nitrogens with zero attached hydrogens (tertiary/aromatic N) is 2. The molecule has 1 aromatic carbocycles. The Kier molecular flexibility index (Phi) is 3.83. The van der Waals surface area contributed by atoms with Gasteiger partial charge in [-0.05, 0) is 18.2 Å². The highest BCUT2D eigenvalue weighted by Crippen LogP contribution is 2.34. The second-order valence-electron chi connectivity index (χ2n) is 5.46. The lowest BCUT2D eigenvalue weighted by molar-refractivity contribution is -0.0476. The Labute approximate surface area is 119 Å². The summed E-state index contributed by atoms with van der Waals surface area (Å²) in [5.74, 6) is 1.46. The van der Waals surface area contributed by atoms with E-state index in [0.717, 1.165) is 49.8 Å². The summed E-state index contributed by atoms with van der Waals surface area (Å²) in [6, 6.07) is 5.72. The fourth-order valence-electron chi connectivity index (χ4n) is 3.23. The largest absolute Gasteiger partial charge is 0.497 e. The molecule has 3 aliphatic rings. The molecule has 2 bridgehead atoms. The average molecular weight is 278 g/mol. The van der Waals surface area contributed by atoms with Gasteiger partial charge in [-0.25, -0.2) is 0 Å². The maximum absolute atomic E-state index is 10.8. The van der Waals surface area contributed by atoms with Crippen LogP contribution in [0.2, 0.25) is 0 Å². The SMILES string of the molecule is COc1ccc(OC)c(C(O)C2CN3CCN2CC3)c1. The first-order valence-corrected chi connectivity index (χ1v) is 7.09. The van der Waals surface area contributed by atoms with Crippen molar-refractivity contribution in [2.45, 2.75) is 12.1 Å². The minimum atomic E-state index is -0.553. The standard InChI is InChI=1S/C15H22N2O3/c1-19-11-3-4-14(20-2)12(9-11)15(18)13-10-16-5-7-17(13)8-6-16/h3-4,9,13,15,18H,5-8,10H2,1-2H3. The summed E-state index contributed by atoms with van der Waals surface area (Å²) in [6.07, 6.45) is -0.553. The Morgan fingerprint density at radius 2 is 1.90 bits per heavy atom. The summed E-state index contributed by atoms with van der Waals surface area (Å²) in [5, 5.41) is 10.8. The lowest BCUT2D eigenvalue weighted by atomic mass is 9.95. The number of rotatable bonds is 4. The van der Waals surface area contributed by atoms with Gasteiger partial charge in [-0.1, -0.05) is 0 Å². The average Bonchev–Trinajstić information content (AvgIpc) is 2.54. The van der Waals surface area contributed by atoms with Crippen LogP contribution in [0.25, 0.3) is 0 Å². The fraction of sp³-hybridized carbons (Fsp3) is 0.600. The number of ether oxygens (including phenoxy) is 2. The van der Waals surface area contributed by atoms with Crippen molar-refractivity contribution in [3.63, 3.8) is 0 Å². The van der Waals surface area contributed by atoms with Gasteiger partial charge in [-0.2, -0.15) is 0 Å². The molecule has 3 aliphatic heterocycles. The Balaban J connectivity index is 1.87. The van der Waals surface area contributed by atoms with Gasteiger partial charge in [-0.15, -0.1) is 0 Å². The van der Waals surface area contributed by atoms with Gasteiger partial charge in [0, 0.05) is 38.3 Å². The molecule has 5 nitrogen and oxygen atoms in total. The molecule has 1 aromatic rings. The van der Waals surface area contributed by atoms with Crippen molar-refractivity contribution in [2.24, 2.45) is 0 Å². The van der Waals surface area contributed by atoms with E-state index >= 15 is 0 Å². The number of hydrogen-bond acceptors (Lipinski definition) is 5. The van der Waals surface area contributed by atoms with Gasteiger partial charge in [0.05, 0.1) is 26.4 Å². The minimum absolute atomic E-state index is 0.138. The first-order chi connectivity index (χ1) is 9.72. The van der Waals surface area contributed by atoms with E-state index in [1.165, 1.54) is 0 Å². The Hall–Kier alpha value is -1.30. The molecule has 0 radical (unpaired) electrons. The molecule has 4 rings (SSSR count). The molecular formula is C15H22N2O3. The molecule has 2 atom stereocenters. The number of aliphatic hydroxyl groups is 1. The molecule has 0 aliphatic carbocycles. The molecule has 3 fully saturated rings. The molecule has 3 heterocycles. The van der Waals surface area contributed by atoms with E-state index in [1.807, 2.05) is 18.2 Å². The molecule has 0 spiro atoms. The van der Waals surface area contributed by atoms with Crippen LogP contribution < -0.4 is 9.47 Å². The van der Waals surface area contributed by atoms with Crippen LogP contribution in [-0.2, 0) is 0 Å². The number of aliphatic hydroxyl groups excluding tert-OH is 1. The van der Waals surface area contributed by atoms with Crippen LogP contribution in [0.1, 0.15) is 11.7 Å². The van der Waals surface area contributed by atoms with Gasteiger partial charge in [0.15, 0.2) is 0 Å². The maximum Gasteiger partial charge on any atom is 0.124 e. The van der Waals surface area contributed by atoms with Gasteiger partial charge >= 0.3 is 0 Å². The van der Waals surface area contributed by atoms with Crippen LogP contribution >= 0.6 is 0 Å². The van der Waals surface area contributed by atoms with Crippen molar-refractivity contribution in [2.75, 3.05) is 46.9 Å².